The molecule has 0 amide bonds. The van der Waals surface area contributed by atoms with E-state index in [9.17, 15) is 0 Å². The first-order chi connectivity index (χ1) is 9.79. The van der Waals surface area contributed by atoms with Gasteiger partial charge in [0.1, 0.15) is 6.54 Å². The van der Waals surface area contributed by atoms with Gasteiger partial charge in [0.15, 0.2) is 5.96 Å². The molecule has 0 atom stereocenters. The van der Waals surface area contributed by atoms with Gasteiger partial charge in [0, 0.05) is 19.6 Å². The molecule has 3 heteroatoms. The Hall–Kier alpha value is -1.17. The third-order valence-electron chi connectivity index (χ3n) is 4.78. The summed E-state index contributed by atoms with van der Waals surface area (Å²) < 4.78 is 0. The van der Waals surface area contributed by atoms with Crippen LogP contribution in [-0.4, -0.2) is 37.0 Å². The molecule has 0 unspecified atom stereocenters. The fourth-order valence-electron chi connectivity index (χ4n) is 3.82. The molecule has 112 valence electrons. The lowest BCUT2D eigenvalue weighted by Crippen LogP contribution is -2.50. The third kappa shape index (κ3) is 3.91. The molecule has 2 fully saturated rings. The minimum Gasteiger partial charge on any atom is -0.356 e. The summed E-state index contributed by atoms with van der Waals surface area (Å²) in [5, 5.41) is 3.41. The van der Waals surface area contributed by atoms with Crippen LogP contribution in [0.3, 0.4) is 0 Å². The Morgan fingerprint density at radius 1 is 1.20 bits per heavy atom. The Labute approximate surface area is 124 Å². The maximum absolute atomic E-state index is 5.36. The number of hydrogen-bond donors (Lipinski definition) is 1. The average molecular weight is 275 g/mol. The molecule has 1 spiro atoms. The zero-order valence-electron chi connectivity index (χ0n) is 13.0. The van der Waals surface area contributed by atoms with Gasteiger partial charge in [-0.2, -0.15) is 0 Å². The third-order valence-corrected chi connectivity index (χ3v) is 4.78. The van der Waals surface area contributed by atoms with Gasteiger partial charge in [-0.15, -0.1) is 6.42 Å². The van der Waals surface area contributed by atoms with Gasteiger partial charge in [0.05, 0.1) is 0 Å². The van der Waals surface area contributed by atoms with Crippen molar-refractivity contribution in [3.8, 4) is 12.3 Å². The fourth-order valence-corrected chi connectivity index (χ4v) is 3.82. The van der Waals surface area contributed by atoms with Crippen molar-refractivity contribution in [3.05, 3.63) is 0 Å². The summed E-state index contributed by atoms with van der Waals surface area (Å²) in [5.74, 6) is 3.64. The molecule has 1 aliphatic carbocycles. The van der Waals surface area contributed by atoms with E-state index in [1.165, 1.54) is 57.9 Å². The van der Waals surface area contributed by atoms with Crippen molar-refractivity contribution in [2.45, 2.75) is 58.3 Å². The molecular formula is C17H29N3. The Balaban J connectivity index is 2.05. The van der Waals surface area contributed by atoms with Crippen molar-refractivity contribution < 1.29 is 0 Å². The molecule has 0 aromatic rings. The highest BCUT2D eigenvalue weighted by Crippen LogP contribution is 2.42. The molecule has 1 saturated heterocycles. The summed E-state index contributed by atoms with van der Waals surface area (Å²) in [4.78, 5) is 7.01. The van der Waals surface area contributed by atoms with E-state index < -0.39 is 0 Å². The summed E-state index contributed by atoms with van der Waals surface area (Å²) in [6.07, 6.45) is 16.5. The van der Waals surface area contributed by atoms with Crippen LogP contribution in [0.1, 0.15) is 58.3 Å². The monoisotopic (exact) mass is 275 g/mol. The van der Waals surface area contributed by atoms with E-state index in [1.54, 1.807) is 0 Å². The molecule has 1 N–H and O–H groups in total. The predicted octanol–water partition coefficient (Wildman–Crippen LogP) is 3.02. The predicted molar refractivity (Wildman–Crippen MR) is 85.8 cm³/mol. The van der Waals surface area contributed by atoms with Gasteiger partial charge in [0.25, 0.3) is 0 Å². The zero-order chi connectivity index (χ0) is 14.3. The second-order valence-electron chi connectivity index (χ2n) is 6.31. The highest BCUT2D eigenvalue weighted by molar-refractivity contribution is 5.80. The van der Waals surface area contributed by atoms with Crippen LogP contribution in [-0.2, 0) is 0 Å². The molecule has 0 bridgehead atoms. The van der Waals surface area contributed by atoms with Crippen LogP contribution in [0.25, 0.3) is 0 Å². The van der Waals surface area contributed by atoms with Gasteiger partial charge >= 0.3 is 0 Å². The highest BCUT2D eigenvalue weighted by atomic mass is 15.3. The zero-order valence-corrected chi connectivity index (χ0v) is 13.0. The lowest BCUT2D eigenvalue weighted by molar-refractivity contribution is 0.115. The maximum Gasteiger partial charge on any atom is 0.194 e. The number of nitrogens with zero attached hydrogens (tertiary/aromatic N) is 2. The number of rotatable bonds is 2. The summed E-state index contributed by atoms with van der Waals surface area (Å²) in [6.45, 7) is 5.80. The highest BCUT2D eigenvalue weighted by Gasteiger charge is 2.36. The molecule has 3 nitrogen and oxygen atoms in total. The van der Waals surface area contributed by atoms with Crippen LogP contribution in [0.15, 0.2) is 4.99 Å². The molecule has 20 heavy (non-hydrogen) atoms. The van der Waals surface area contributed by atoms with E-state index >= 15 is 0 Å². The number of terminal acetylenes is 1. The Morgan fingerprint density at radius 2 is 1.90 bits per heavy atom. The molecule has 0 aromatic carbocycles. The molecule has 1 aliphatic heterocycles. The topological polar surface area (TPSA) is 27.6 Å². The summed E-state index contributed by atoms with van der Waals surface area (Å²) in [6, 6.07) is 0. The van der Waals surface area contributed by atoms with Crippen molar-refractivity contribution in [2.75, 3.05) is 26.2 Å². The lowest BCUT2D eigenvalue weighted by atomic mass is 9.74. The SMILES string of the molecule is C#CCN=C(NCC)N1CCCC2(CCCCCC2)C1. The molecule has 0 aromatic heterocycles. The van der Waals surface area contributed by atoms with Crippen molar-refractivity contribution in [3.63, 3.8) is 0 Å². The molecule has 2 rings (SSSR count). The standard InChI is InChI=1S/C17H29N3/c1-3-13-19-16(18-4-2)20-14-9-12-17(15-20)10-7-5-6-8-11-17/h1H,4-15H2,2H3,(H,18,19). The molecule has 1 saturated carbocycles. The van der Waals surface area contributed by atoms with Crippen molar-refractivity contribution in [2.24, 2.45) is 10.4 Å². The maximum atomic E-state index is 5.36. The minimum atomic E-state index is 0.478. The van der Waals surface area contributed by atoms with Crippen molar-refractivity contribution in [1.29, 1.82) is 0 Å². The van der Waals surface area contributed by atoms with E-state index in [2.05, 4.69) is 28.1 Å². The molecule has 1 heterocycles. The second-order valence-corrected chi connectivity index (χ2v) is 6.31. The Bertz CT molecular complexity index is 359. The van der Waals surface area contributed by atoms with Crippen molar-refractivity contribution >= 4 is 5.96 Å². The van der Waals surface area contributed by atoms with Crippen LogP contribution < -0.4 is 5.32 Å². The quantitative estimate of drug-likeness (QED) is 0.476. The number of guanidine groups is 1. The first kappa shape index (κ1) is 15.2. The first-order valence-corrected chi connectivity index (χ1v) is 8.26. The van der Waals surface area contributed by atoms with Crippen LogP contribution in [0, 0.1) is 17.8 Å². The minimum absolute atomic E-state index is 0.478. The number of likely N-dealkylation sites (tertiary alicyclic amines) is 1. The largest absolute Gasteiger partial charge is 0.356 e. The van der Waals surface area contributed by atoms with Gasteiger partial charge in [-0.1, -0.05) is 31.6 Å². The lowest BCUT2D eigenvalue weighted by Gasteiger charge is -2.44. The number of hydrogen-bond acceptors (Lipinski definition) is 1. The van der Waals surface area contributed by atoms with E-state index in [4.69, 9.17) is 6.42 Å². The summed E-state index contributed by atoms with van der Waals surface area (Å²) >= 11 is 0. The van der Waals surface area contributed by atoms with Gasteiger partial charge in [-0.25, -0.2) is 4.99 Å². The molecular weight excluding hydrogens is 246 g/mol. The Kier molecular flexibility index (Phi) is 5.76. The van der Waals surface area contributed by atoms with E-state index in [1.807, 2.05) is 0 Å². The van der Waals surface area contributed by atoms with Gasteiger partial charge < -0.3 is 10.2 Å². The van der Waals surface area contributed by atoms with Crippen LogP contribution in [0.2, 0.25) is 0 Å². The molecule has 2 aliphatic rings. The smallest absolute Gasteiger partial charge is 0.194 e. The normalized spacial score (nSPS) is 23.2. The van der Waals surface area contributed by atoms with E-state index in [-0.39, 0.29) is 0 Å². The average Bonchev–Trinajstić information content (AvgIpc) is 2.69. The van der Waals surface area contributed by atoms with Gasteiger partial charge in [0.2, 0.25) is 0 Å². The van der Waals surface area contributed by atoms with Crippen LogP contribution in [0.5, 0.6) is 0 Å². The van der Waals surface area contributed by atoms with E-state index in [0.29, 0.717) is 12.0 Å². The summed E-state index contributed by atoms with van der Waals surface area (Å²) in [7, 11) is 0. The first-order valence-electron chi connectivity index (χ1n) is 8.26. The van der Waals surface area contributed by atoms with E-state index in [0.717, 1.165) is 19.0 Å². The number of nitrogens with one attached hydrogen (secondary N) is 1. The fraction of sp³-hybridized carbons (Fsp3) is 0.824. The second kappa shape index (κ2) is 7.57. The van der Waals surface area contributed by atoms with Gasteiger partial charge in [-0.3, -0.25) is 0 Å². The molecule has 0 radical (unpaired) electrons. The van der Waals surface area contributed by atoms with Crippen LogP contribution >= 0.6 is 0 Å². The number of piperidine rings is 1. The van der Waals surface area contributed by atoms with Gasteiger partial charge in [-0.05, 0) is 38.0 Å². The Morgan fingerprint density at radius 3 is 2.55 bits per heavy atom. The summed E-state index contributed by atoms with van der Waals surface area (Å²) in [5.41, 5.74) is 0.543. The van der Waals surface area contributed by atoms with Crippen molar-refractivity contribution in [1.82, 2.24) is 10.2 Å². The number of aliphatic imine (C=N–C) groups is 1. The van der Waals surface area contributed by atoms with Crippen LogP contribution in [0.4, 0.5) is 0 Å².